The highest BCUT2D eigenvalue weighted by Crippen LogP contribution is 2.37. The van der Waals surface area contributed by atoms with Crippen LogP contribution in [0.4, 0.5) is 11.4 Å². The second-order valence-corrected chi connectivity index (χ2v) is 6.85. The number of hydrogen-bond acceptors (Lipinski definition) is 4. The number of fused-ring (bicyclic) bond motifs is 1. The lowest BCUT2D eigenvalue weighted by Crippen LogP contribution is -2.28. The van der Waals surface area contributed by atoms with Crippen LogP contribution in [0, 0.1) is 5.92 Å². The molecule has 0 saturated carbocycles. The minimum atomic E-state index is -0.387. The molecule has 0 radical (unpaired) electrons. The summed E-state index contributed by atoms with van der Waals surface area (Å²) in [6, 6.07) is 12.7. The second-order valence-electron chi connectivity index (χ2n) is 5.94. The Kier molecular flexibility index (Phi) is 4.09. The number of hydrogen-bond donors (Lipinski definition) is 1. The Morgan fingerprint density at radius 3 is 2.68 bits per heavy atom. The van der Waals surface area contributed by atoms with Gasteiger partial charge in [0.25, 0.3) is 0 Å². The van der Waals surface area contributed by atoms with Crippen molar-refractivity contribution in [3.63, 3.8) is 0 Å². The van der Waals surface area contributed by atoms with Gasteiger partial charge >= 0.3 is 0 Å². The van der Waals surface area contributed by atoms with Gasteiger partial charge in [-0.25, -0.2) is 0 Å². The van der Waals surface area contributed by atoms with E-state index in [0.717, 1.165) is 4.47 Å². The van der Waals surface area contributed by atoms with E-state index >= 15 is 0 Å². The average molecular weight is 403 g/mol. The van der Waals surface area contributed by atoms with E-state index in [2.05, 4.69) is 21.2 Å². The van der Waals surface area contributed by atoms with Gasteiger partial charge in [0.1, 0.15) is 0 Å². The number of ether oxygens (including phenoxy) is 2. The summed E-state index contributed by atoms with van der Waals surface area (Å²) in [5, 5.41) is 2.86. The first-order valence-electron chi connectivity index (χ1n) is 7.86. The molecule has 2 heterocycles. The molecule has 7 heteroatoms. The highest BCUT2D eigenvalue weighted by molar-refractivity contribution is 9.10. The van der Waals surface area contributed by atoms with E-state index in [1.165, 1.54) is 0 Å². The maximum absolute atomic E-state index is 12.5. The fourth-order valence-corrected chi connectivity index (χ4v) is 3.23. The topological polar surface area (TPSA) is 67.9 Å². The standard InChI is InChI=1S/C18H15BrN2O4/c19-12-1-3-13(4-2-12)20-18(23)11-7-17(22)21(9-11)14-5-6-15-16(8-14)25-10-24-15/h1-6,8,11H,7,9-10H2,(H,20,23). The first-order chi connectivity index (χ1) is 12.1. The number of benzene rings is 2. The molecule has 0 bridgehead atoms. The van der Waals surface area contributed by atoms with Crippen LogP contribution in [-0.2, 0) is 9.59 Å². The van der Waals surface area contributed by atoms with Gasteiger partial charge in [0.05, 0.1) is 5.92 Å². The number of nitrogens with zero attached hydrogens (tertiary/aromatic N) is 1. The molecule has 6 nitrogen and oxygen atoms in total. The van der Waals surface area contributed by atoms with Crippen molar-refractivity contribution in [3.05, 3.63) is 46.9 Å². The lowest BCUT2D eigenvalue weighted by Gasteiger charge is -2.17. The van der Waals surface area contributed by atoms with Crippen LogP contribution in [0.15, 0.2) is 46.9 Å². The normalized spacial score (nSPS) is 18.5. The molecule has 1 saturated heterocycles. The van der Waals surface area contributed by atoms with Gasteiger partial charge in [-0.2, -0.15) is 0 Å². The molecule has 1 unspecified atom stereocenters. The van der Waals surface area contributed by atoms with Crippen molar-refractivity contribution in [2.45, 2.75) is 6.42 Å². The van der Waals surface area contributed by atoms with Crippen molar-refractivity contribution in [1.82, 2.24) is 0 Å². The molecule has 0 spiro atoms. The van der Waals surface area contributed by atoms with Gasteiger partial charge in [-0.05, 0) is 36.4 Å². The van der Waals surface area contributed by atoms with Crippen LogP contribution in [0.3, 0.4) is 0 Å². The van der Waals surface area contributed by atoms with Crippen LogP contribution in [0.2, 0.25) is 0 Å². The van der Waals surface area contributed by atoms with Crippen molar-refractivity contribution >= 4 is 39.1 Å². The molecule has 25 heavy (non-hydrogen) atoms. The highest BCUT2D eigenvalue weighted by Gasteiger charge is 2.35. The number of carbonyl (C=O) groups excluding carboxylic acids is 2. The van der Waals surface area contributed by atoms with Gasteiger partial charge in [-0.1, -0.05) is 15.9 Å². The van der Waals surface area contributed by atoms with Crippen LogP contribution in [0.5, 0.6) is 11.5 Å². The Bertz CT molecular complexity index is 837. The smallest absolute Gasteiger partial charge is 0.231 e. The molecule has 4 rings (SSSR count). The maximum Gasteiger partial charge on any atom is 0.231 e. The van der Waals surface area contributed by atoms with Gasteiger partial charge in [-0.15, -0.1) is 0 Å². The number of halogens is 1. The molecule has 1 N–H and O–H groups in total. The van der Waals surface area contributed by atoms with E-state index in [1.807, 2.05) is 24.3 Å². The van der Waals surface area contributed by atoms with Crippen LogP contribution < -0.4 is 19.7 Å². The van der Waals surface area contributed by atoms with Crippen LogP contribution in [0.25, 0.3) is 0 Å². The van der Waals surface area contributed by atoms with Crippen molar-refractivity contribution in [2.24, 2.45) is 5.92 Å². The van der Waals surface area contributed by atoms with Crippen LogP contribution in [0.1, 0.15) is 6.42 Å². The summed E-state index contributed by atoms with van der Waals surface area (Å²) < 4.78 is 11.6. The fraction of sp³-hybridized carbons (Fsp3) is 0.222. The largest absolute Gasteiger partial charge is 0.454 e. The number of carbonyl (C=O) groups is 2. The van der Waals surface area contributed by atoms with E-state index in [9.17, 15) is 9.59 Å². The third kappa shape index (κ3) is 3.19. The molecule has 2 aromatic carbocycles. The molecule has 2 aliphatic rings. The summed E-state index contributed by atoms with van der Waals surface area (Å²) in [4.78, 5) is 26.4. The molecular formula is C18H15BrN2O4. The zero-order valence-electron chi connectivity index (χ0n) is 13.2. The Morgan fingerprint density at radius 2 is 1.88 bits per heavy atom. The maximum atomic E-state index is 12.5. The SMILES string of the molecule is O=C(Nc1ccc(Br)cc1)C1CC(=O)N(c2ccc3c(c2)OCO3)C1. The lowest BCUT2D eigenvalue weighted by atomic mass is 10.1. The highest BCUT2D eigenvalue weighted by atomic mass is 79.9. The Balaban J connectivity index is 1.46. The predicted octanol–water partition coefficient (Wildman–Crippen LogP) is 3.17. The zero-order valence-corrected chi connectivity index (χ0v) is 14.8. The van der Waals surface area contributed by atoms with Crippen LogP contribution >= 0.6 is 15.9 Å². The molecule has 2 amide bonds. The third-order valence-corrected chi connectivity index (χ3v) is 4.80. The van der Waals surface area contributed by atoms with E-state index in [4.69, 9.17) is 9.47 Å². The number of anilines is 2. The van der Waals surface area contributed by atoms with Crippen molar-refractivity contribution in [1.29, 1.82) is 0 Å². The van der Waals surface area contributed by atoms with Crippen molar-refractivity contribution in [3.8, 4) is 11.5 Å². The van der Waals surface area contributed by atoms with Crippen molar-refractivity contribution in [2.75, 3.05) is 23.6 Å². The minimum absolute atomic E-state index is 0.0742. The summed E-state index contributed by atoms with van der Waals surface area (Å²) in [6.07, 6.45) is 0.191. The first kappa shape index (κ1) is 16.0. The third-order valence-electron chi connectivity index (χ3n) is 4.28. The molecule has 128 valence electrons. The summed E-state index contributed by atoms with van der Waals surface area (Å²) in [5.74, 6) is 0.670. The second kappa shape index (κ2) is 6.40. The molecular weight excluding hydrogens is 388 g/mol. The summed E-state index contributed by atoms with van der Waals surface area (Å²) in [6.45, 7) is 0.534. The van der Waals surface area contributed by atoms with Crippen molar-refractivity contribution < 1.29 is 19.1 Å². The summed E-state index contributed by atoms with van der Waals surface area (Å²) in [7, 11) is 0. The molecule has 2 aliphatic heterocycles. The van der Waals surface area contributed by atoms with E-state index in [-0.39, 0.29) is 30.9 Å². The van der Waals surface area contributed by atoms with E-state index in [0.29, 0.717) is 29.4 Å². The van der Waals surface area contributed by atoms with E-state index < -0.39 is 0 Å². The van der Waals surface area contributed by atoms with Gasteiger partial charge in [0.15, 0.2) is 11.5 Å². The molecule has 2 aromatic rings. The van der Waals surface area contributed by atoms with Gasteiger partial charge in [0.2, 0.25) is 18.6 Å². The number of rotatable bonds is 3. The predicted molar refractivity (Wildman–Crippen MR) is 95.8 cm³/mol. The minimum Gasteiger partial charge on any atom is -0.454 e. The monoisotopic (exact) mass is 402 g/mol. The van der Waals surface area contributed by atoms with Gasteiger partial charge < -0.3 is 19.7 Å². The Hall–Kier alpha value is -2.54. The number of amides is 2. The molecule has 0 aromatic heterocycles. The van der Waals surface area contributed by atoms with Crippen LogP contribution in [-0.4, -0.2) is 25.2 Å². The quantitative estimate of drug-likeness (QED) is 0.855. The van der Waals surface area contributed by atoms with Gasteiger partial charge in [0, 0.05) is 34.9 Å². The lowest BCUT2D eigenvalue weighted by molar-refractivity contribution is -0.122. The number of nitrogens with one attached hydrogen (secondary N) is 1. The molecule has 1 atom stereocenters. The Labute approximate surface area is 152 Å². The summed E-state index contributed by atoms with van der Waals surface area (Å²) in [5.41, 5.74) is 1.43. The fourth-order valence-electron chi connectivity index (χ4n) is 2.96. The van der Waals surface area contributed by atoms with Gasteiger partial charge in [-0.3, -0.25) is 9.59 Å². The zero-order chi connectivity index (χ0) is 17.4. The first-order valence-corrected chi connectivity index (χ1v) is 8.66. The molecule has 0 aliphatic carbocycles. The Morgan fingerprint density at radius 1 is 1.12 bits per heavy atom. The van der Waals surface area contributed by atoms with E-state index in [1.54, 1.807) is 23.1 Å². The molecule has 1 fully saturated rings. The average Bonchev–Trinajstić information content (AvgIpc) is 3.22. The summed E-state index contributed by atoms with van der Waals surface area (Å²) >= 11 is 3.36.